The smallest absolute Gasteiger partial charge is 0.211 e. The fourth-order valence-corrected chi connectivity index (χ4v) is 2.64. The van der Waals surface area contributed by atoms with E-state index in [1.165, 1.54) is 6.26 Å². The molecule has 2 N–H and O–H groups in total. The first kappa shape index (κ1) is 13.9. The van der Waals surface area contributed by atoms with Crippen LogP contribution < -0.4 is 5.73 Å². The van der Waals surface area contributed by atoms with E-state index >= 15 is 0 Å². The molecule has 0 aliphatic carbocycles. The van der Waals surface area contributed by atoms with Crippen LogP contribution in [0.1, 0.15) is 13.8 Å². The minimum absolute atomic E-state index is 0.188. The molecule has 0 amide bonds. The highest BCUT2D eigenvalue weighted by atomic mass is 32.2. The van der Waals surface area contributed by atoms with Crippen molar-refractivity contribution in [2.24, 2.45) is 11.7 Å². The van der Waals surface area contributed by atoms with Gasteiger partial charge in [0.2, 0.25) is 10.0 Å². The van der Waals surface area contributed by atoms with Crippen LogP contribution in [0.2, 0.25) is 0 Å². The molecule has 1 heterocycles. The molecular weight excluding hydrogens is 226 g/mol. The van der Waals surface area contributed by atoms with E-state index < -0.39 is 10.0 Å². The van der Waals surface area contributed by atoms with Crippen LogP contribution in [0.25, 0.3) is 0 Å². The molecular formula is C10H23N3O2S. The summed E-state index contributed by atoms with van der Waals surface area (Å²) in [6, 6.07) is 0.188. The van der Waals surface area contributed by atoms with Crippen LogP contribution >= 0.6 is 0 Å². The molecule has 0 saturated carbocycles. The van der Waals surface area contributed by atoms with Crippen LogP contribution in [0, 0.1) is 5.92 Å². The number of hydrogen-bond acceptors (Lipinski definition) is 4. The molecule has 1 aliphatic rings. The maximum absolute atomic E-state index is 11.3. The molecule has 0 bridgehead atoms. The first-order chi connectivity index (χ1) is 7.30. The Kier molecular flexibility index (Phi) is 4.73. The van der Waals surface area contributed by atoms with E-state index in [9.17, 15) is 8.42 Å². The van der Waals surface area contributed by atoms with Crippen molar-refractivity contribution in [2.75, 3.05) is 39.0 Å². The number of hydrogen-bond donors (Lipinski definition) is 1. The fourth-order valence-electron chi connectivity index (χ4n) is 1.82. The molecule has 5 nitrogen and oxygen atoms in total. The molecule has 1 rings (SSSR count). The molecule has 0 aromatic rings. The summed E-state index contributed by atoms with van der Waals surface area (Å²) >= 11 is 0. The number of rotatable bonds is 4. The number of nitrogens with zero attached hydrogens (tertiary/aromatic N) is 2. The molecule has 1 aliphatic heterocycles. The van der Waals surface area contributed by atoms with Gasteiger partial charge in [0.15, 0.2) is 0 Å². The second kappa shape index (κ2) is 5.44. The quantitative estimate of drug-likeness (QED) is 0.732. The van der Waals surface area contributed by atoms with E-state index in [1.54, 1.807) is 4.31 Å². The van der Waals surface area contributed by atoms with Crippen LogP contribution in [-0.4, -0.2) is 62.6 Å². The van der Waals surface area contributed by atoms with Crippen molar-refractivity contribution in [3.05, 3.63) is 0 Å². The molecule has 2 atom stereocenters. The van der Waals surface area contributed by atoms with Gasteiger partial charge in [0.05, 0.1) is 6.26 Å². The average Bonchev–Trinajstić information content (AvgIpc) is 2.17. The van der Waals surface area contributed by atoms with Gasteiger partial charge in [0, 0.05) is 38.8 Å². The zero-order valence-electron chi connectivity index (χ0n) is 10.4. The summed E-state index contributed by atoms with van der Waals surface area (Å²) in [7, 11) is -3.01. The van der Waals surface area contributed by atoms with Gasteiger partial charge in [-0.1, -0.05) is 6.92 Å². The lowest BCUT2D eigenvalue weighted by Crippen LogP contribution is -2.50. The van der Waals surface area contributed by atoms with Crippen molar-refractivity contribution in [3.8, 4) is 0 Å². The molecule has 1 fully saturated rings. The summed E-state index contributed by atoms with van der Waals surface area (Å²) < 4.78 is 24.2. The van der Waals surface area contributed by atoms with E-state index in [-0.39, 0.29) is 6.04 Å². The Morgan fingerprint density at radius 3 is 2.06 bits per heavy atom. The summed E-state index contributed by atoms with van der Waals surface area (Å²) in [6.07, 6.45) is 1.27. The molecule has 0 radical (unpaired) electrons. The van der Waals surface area contributed by atoms with Crippen molar-refractivity contribution in [3.63, 3.8) is 0 Å². The fraction of sp³-hybridized carbons (Fsp3) is 1.00. The van der Waals surface area contributed by atoms with Gasteiger partial charge < -0.3 is 10.6 Å². The SMILES string of the molecule is CC(N)C(C)CN1CCN(S(C)(=O)=O)CC1. The Morgan fingerprint density at radius 2 is 1.69 bits per heavy atom. The maximum Gasteiger partial charge on any atom is 0.211 e. The predicted octanol–water partition coefficient (Wildman–Crippen LogP) is -0.453. The van der Waals surface area contributed by atoms with Gasteiger partial charge >= 0.3 is 0 Å². The lowest BCUT2D eigenvalue weighted by Gasteiger charge is -2.35. The minimum Gasteiger partial charge on any atom is -0.328 e. The lowest BCUT2D eigenvalue weighted by molar-refractivity contribution is 0.163. The lowest BCUT2D eigenvalue weighted by atomic mass is 10.0. The van der Waals surface area contributed by atoms with E-state index in [1.807, 2.05) is 6.92 Å². The van der Waals surface area contributed by atoms with Crippen molar-refractivity contribution in [1.29, 1.82) is 0 Å². The maximum atomic E-state index is 11.3. The summed E-state index contributed by atoms with van der Waals surface area (Å²) in [5.74, 6) is 0.449. The number of sulfonamides is 1. The van der Waals surface area contributed by atoms with Crippen LogP contribution in [0.15, 0.2) is 0 Å². The van der Waals surface area contributed by atoms with Gasteiger partial charge in [-0.15, -0.1) is 0 Å². The van der Waals surface area contributed by atoms with Gasteiger partial charge in [0.1, 0.15) is 0 Å². The largest absolute Gasteiger partial charge is 0.328 e. The molecule has 96 valence electrons. The number of piperazine rings is 1. The molecule has 0 spiro atoms. The van der Waals surface area contributed by atoms with Crippen molar-refractivity contribution >= 4 is 10.0 Å². The Hall–Kier alpha value is -0.170. The zero-order valence-corrected chi connectivity index (χ0v) is 11.2. The summed E-state index contributed by atoms with van der Waals surface area (Å²) in [5.41, 5.74) is 5.82. The van der Waals surface area contributed by atoms with E-state index in [0.717, 1.165) is 19.6 Å². The molecule has 0 aromatic carbocycles. The monoisotopic (exact) mass is 249 g/mol. The van der Waals surface area contributed by atoms with Gasteiger partial charge in [-0.05, 0) is 12.8 Å². The van der Waals surface area contributed by atoms with Crippen LogP contribution in [0.4, 0.5) is 0 Å². The van der Waals surface area contributed by atoms with Gasteiger partial charge in [-0.3, -0.25) is 0 Å². The normalized spacial score (nSPS) is 24.2. The Labute approximate surface area is 98.6 Å². The van der Waals surface area contributed by atoms with Gasteiger partial charge in [0.25, 0.3) is 0 Å². The van der Waals surface area contributed by atoms with Crippen molar-refractivity contribution in [1.82, 2.24) is 9.21 Å². The second-order valence-corrected chi connectivity index (χ2v) is 6.78. The highest BCUT2D eigenvalue weighted by molar-refractivity contribution is 7.88. The van der Waals surface area contributed by atoms with Gasteiger partial charge in [-0.2, -0.15) is 4.31 Å². The molecule has 16 heavy (non-hydrogen) atoms. The standard InChI is InChI=1S/C10H23N3O2S/c1-9(10(2)11)8-12-4-6-13(7-5-12)16(3,14)15/h9-10H,4-8,11H2,1-3H3. The van der Waals surface area contributed by atoms with Crippen LogP contribution in [0.5, 0.6) is 0 Å². The minimum atomic E-state index is -3.01. The van der Waals surface area contributed by atoms with E-state index in [0.29, 0.717) is 19.0 Å². The second-order valence-electron chi connectivity index (χ2n) is 4.80. The van der Waals surface area contributed by atoms with Crippen LogP contribution in [0.3, 0.4) is 0 Å². The summed E-state index contributed by atoms with van der Waals surface area (Å²) in [5, 5.41) is 0. The highest BCUT2D eigenvalue weighted by Crippen LogP contribution is 2.09. The summed E-state index contributed by atoms with van der Waals surface area (Å²) in [4.78, 5) is 2.29. The topological polar surface area (TPSA) is 66.6 Å². The predicted molar refractivity (Wildman–Crippen MR) is 65.7 cm³/mol. The first-order valence-electron chi connectivity index (χ1n) is 5.73. The summed E-state index contributed by atoms with van der Waals surface area (Å²) in [6.45, 7) is 7.92. The van der Waals surface area contributed by atoms with E-state index in [2.05, 4.69) is 11.8 Å². The Morgan fingerprint density at radius 1 is 1.19 bits per heavy atom. The third kappa shape index (κ3) is 4.01. The molecule has 1 saturated heterocycles. The Bertz CT molecular complexity index is 308. The molecule has 6 heteroatoms. The third-order valence-corrected chi connectivity index (χ3v) is 4.55. The zero-order chi connectivity index (χ0) is 12.3. The van der Waals surface area contributed by atoms with E-state index in [4.69, 9.17) is 5.73 Å². The molecule has 0 aromatic heterocycles. The van der Waals surface area contributed by atoms with Crippen molar-refractivity contribution in [2.45, 2.75) is 19.9 Å². The average molecular weight is 249 g/mol. The van der Waals surface area contributed by atoms with Crippen LogP contribution in [-0.2, 0) is 10.0 Å². The Balaban J connectivity index is 2.38. The van der Waals surface area contributed by atoms with Crippen molar-refractivity contribution < 1.29 is 8.42 Å². The first-order valence-corrected chi connectivity index (χ1v) is 7.58. The number of nitrogens with two attached hydrogens (primary N) is 1. The third-order valence-electron chi connectivity index (χ3n) is 3.24. The molecule has 2 unspecified atom stereocenters. The highest BCUT2D eigenvalue weighted by Gasteiger charge is 2.24. The van der Waals surface area contributed by atoms with Gasteiger partial charge in [-0.25, -0.2) is 8.42 Å².